The van der Waals surface area contributed by atoms with E-state index in [1.165, 1.54) is 12.1 Å². The van der Waals surface area contributed by atoms with Crippen molar-refractivity contribution in [2.24, 2.45) is 0 Å². The third-order valence-corrected chi connectivity index (χ3v) is 4.86. The summed E-state index contributed by atoms with van der Waals surface area (Å²) in [7, 11) is 1.55. The number of imidazole rings is 1. The number of ether oxygens (including phenoxy) is 1. The summed E-state index contributed by atoms with van der Waals surface area (Å²) in [6.07, 6.45) is 0. The van der Waals surface area contributed by atoms with E-state index in [4.69, 9.17) is 4.74 Å². The van der Waals surface area contributed by atoms with Gasteiger partial charge in [-0.1, -0.05) is 24.3 Å². The second kappa shape index (κ2) is 9.27. The molecule has 0 spiro atoms. The molecule has 9 heteroatoms. The van der Waals surface area contributed by atoms with Crippen molar-refractivity contribution in [1.82, 2.24) is 9.97 Å². The Hall–Kier alpha value is -4.24. The number of nitrogens with zero attached hydrogens (tertiary/aromatic N) is 2. The van der Waals surface area contributed by atoms with Gasteiger partial charge in [-0.05, 0) is 36.4 Å². The van der Waals surface area contributed by atoms with E-state index >= 15 is 0 Å². The van der Waals surface area contributed by atoms with Gasteiger partial charge in [-0.15, -0.1) is 0 Å². The quantitative estimate of drug-likeness (QED) is 0.215. The van der Waals surface area contributed by atoms with Crippen molar-refractivity contribution in [2.45, 2.75) is 0 Å². The summed E-state index contributed by atoms with van der Waals surface area (Å²) in [4.78, 5) is 31.5. The number of hydrogen-bond donors (Lipinski definition) is 3. The van der Waals surface area contributed by atoms with E-state index < -0.39 is 10.8 Å². The Bertz CT molecular complexity index is 1250. The molecule has 1 heterocycles. The number of carbonyl (C=O) groups excluding carboxylic acids is 1. The minimum atomic E-state index is -0.520. The summed E-state index contributed by atoms with van der Waals surface area (Å²) in [5.74, 6) is 0.239. The summed E-state index contributed by atoms with van der Waals surface area (Å²) in [6, 6.07) is 19.3. The number of aromatic nitrogens is 2. The largest absolute Gasteiger partial charge is 0.383 e. The van der Waals surface area contributed by atoms with Gasteiger partial charge in [0.1, 0.15) is 11.5 Å². The minimum Gasteiger partial charge on any atom is -0.383 e. The lowest BCUT2D eigenvalue weighted by Crippen LogP contribution is -2.13. The Balaban J connectivity index is 1.54. The van der Waals surface area contributed by atoms with Gasteiger partial charge < -0.3 is 20.4 Å². The number of aromatic amines is 1. The number of nitro groups is 1. The number of methoxy groups -OCH3 is 1. The number of anilines is 2. The van der Waals surface area contributed by atoms with Crippen molar-refractivity contribution in [2.75, 3.05) is 30.9 Å². The highest BCUT2D eigenvalue weighted by Crippen LogP contribution is 2.27. The molecule has 1 amide bonds. The third-order valence-electron chi connectivity index (χ3n) is 4.86. The van der Waals surface area contributed by atoms with Crippen molar-refractivity contribution < 1.29 is 14.5 Å². The zero-order chi connectivity index (χ0) is 22.5. The molecule has 0 aliphatic rings. The van der Waals surface area contributed by atoms with Crippen molar-refractivity contribution in [3.05, 3.63) is 82.4 Å². The highest BCUT2D eigenvalue weighted by Gasteiger charge is 2.18. The van der Waals surface area contributed by atoms with E-state index in [9.17, 15) is 14.9 Å². The standard InChI is InChI=1S/C23H21N5O4/c1-32-12-11-24-20-10-9-16(14-21(20)28(30)31)23(29)25-17-6-4-5-15(13-17)22-26-18-7-2-3-8-19(18)27-22/h2-10,13-14,24H,11-12H2,1H3,(H,25,29)(H,26,27). The number of rotatable bonds is 8. The molecule has 0 radical (unpaired) electrons. The highest BCUT2D eigenvalue weighted by atomic mass is 16.6. The molecule has 162 valence electrons. The van der Waals surface area contributed by atoms with Gasteiger partial charge in [-0.2, -0.15) is 0 Å². The monoisotopic (exact) mass is 431 g/mol. The molecule has 1 aromatic heterocycles. The van der Waals surface area contributed by atoms with Gasteiger partial charge in [0.25, 0.3) is 11.6 Å². The normalized spacial score (nSPS) is 10.8. The number of H-pyrrole nitrogens is 1. The van der Waals surface area contributed by atoms with E-state index in [0.29, 0.717) is 30.4 Å². The molecule has 0 saturated carbocycles. The van der Waals surface area contributed by atoms with Crippen LogP contribution in [-0.4, -0.2) is 41.1 Å². The summed E-state index contributed by atoms with van der Waals surface area (Å²) in [6.45, 7) is 0.818. The van der Waals surface area contributed by atoms with E-state index in [-0.39, 0.29) is 11.3 Å². The number of para-hydroxylation sites is 2. The zero-order valence-corrected chi connectivity index (χ0v) is 17.3. The average molecular weight is 431 g/mol. The van der Waals surface area contributed by atoms with Crippen LogP contribution in [0.25, 0.3) is 22.4 Å². The second-order valence-corrected chi connectivity index (χ2v) is 7.05. The SMILES string of the molecule is COCCNc1ccc(C(=O)Nc2cccc(-c3nc4ccccc4[nH]3)c2)cc1[N+](=O)[O-]. The van der Waals surface area contributed by atoms with Crippen molar-refractivity contribution in [3.8, 4) is 11.4 Å². The summed E-state index contributed by atoms with van der Waals surface area (Å²) in [5, 5.41) is 17.2. The summed E-state index contributed by atoms with van der Waals surface area (Å²) < 4.78 is 4.95. The molecule has 3 N–H and O–H groups in total. The first-order valence-electron chi connectivity index (χ1n) is 9.93. The molecule has 3 aromatic carbocycles. The van der Waals surface area contributed by atoms with Gasteiger partial charge in [-0.25, -0.2) is 4.98 Å². The molecule has 0 aliphatic carbocycles. The molecule has 32 heavy (non-hydrogen) atoms. The number of carbonyl (C=O) groups is 1. The minimum absolute atomic E-state index is 0.176. The van der Waals surface area contributed by atoms with Gasteiger partial charge >= 0.3 is 0 Å². The van der Waals surface area contributed by atoms with Crippen molar-refractivity contribution in [3.63, 3.8) is 0 Å². The Labute approximate surface area is 183 Å². The summed E-state index contributed by atoms with van der Waals surface area (Å²) in [5.41, 5.74) is 3.47. The highest BCUT2D eigenvalue weighted by molar-refractivity contribution is 6.05. The van der Waals surface area contributed by atoms with Crippen LogP contribution in [0.4, 0.5) is 17.1 Å². The Kier molecular flexibility index (Phi) is 6.09. The van der Waals surface area contributed by atoms with E-state index in [0.717, 1.165) is 16.6 Å². The first-order valence-corrected chi connectivity index (χ1v) is 9.93. The molecular weight excluding hydrogens is 410 g/mol. The number of amides is 1. The van der Waals surface area contributed by atoms with Crippen LogP contribution in [0.15, 0.2) is 66.7 Å². The maximum Gasteiger partial charge on any atom is 0.293 e. The average Bonchev–Trinajstić information content (AvgIpc) is 3.24. The van der Waals surface area contributed by atoms with Gasteiger partial charge in [-0.3, -0.25) is 14.9 Å². The van der Waals surface area contributed by atoms with Crippen molar-refractivity contribution in [1.29, 1.82) is 0 Å². The number of benzene rings is 3. The van der Waals surface area contributed by atoms with Crippen LogP contribution < -0.4 is 10.6 Å². The van der Waals surface area contributed by atoms with E-state index in [2.05, 4.69) is 20.6 Å². The van der Waals surface area contributed by atoms with Gasteiger partial charge in [0, 0.05) is 36.5 Å². The molecule has 9 nitrogen and oxygen atoms in total. The number of hydrogen-bond acceptors (Lipinski definition) is 6. The third kappa shape index (κ3) is 4.57. The van der Waals surface area contributed by atoms with E-state index in [1.54, 1.807) is 25.3 Å². The van der Waals surface area contributed by atoms with Gasteiger partial charge in [0.05, 0.1) is 22.6 Å². The maximum atomic E-state index is 12.8. The molecule has 0 aliphatic heterocycles. The molecule has 0 bridgehead atoms. The van der Waals surface area contributed by atoms with Crippen LogP contribution in [0, 0.1) is 10.1 Å². The van der Waals surface area contributed by atoms with Crippen LogP contribution in [0.2, 0.25) is 0 Å². The second-order valence-electron chi connectivity index (χ2n) is 7.05. The van der Waals surface area contributed by atoms with Gasteiger partial charge in [0.2, 0.25) is 0 Å². The lowest BCUT2D eigenvalue weighted by Gasteiger charge is -2.09. The molecule has 0 atom stereocenters. The number of nitro benzene ring substituents is 1. The van der Waals surface area contributed by atoms with Crippen LogP contribution in [-0.2, 0) is 4.74 Å². The molecule has 0 fully saturated rings. The lowest BCUT2D eigenvalue weighted by atomic mass is 10.1. The molecule has 4 aromatic rings. The van der Waals surface area contributed by atoms with Crippen LogP contribution in [0.3, 0.4) is 0 Å². The smallest absolute Gasteiger partial charge is 0.293 e. The van der Waals surface area contributed by atoms with Crippen LogP contribution in [0.5, 0.6) is 0 Å². The fourth-order valence-corrected chi connectivity index (χ4v) is 3.30. The lowest BCUT2D eigenvalue weighted by molar-refractivity contribution is -0.384. The molecule has 0 saturated heterocycles. The van der Waals surface area contributed by atoms with Crippen molar-refractivity contribution >= 4 is 34.0 Å². The van der Waals surface area contributed by atoms with Gasteiger partial charge in [0.15, 0.2) is 0 Å². The van der Waals surface area contributed by atoms with Crippen LogP contribution in [0.1, 0.15) is 10.4 Å². The zero-order valence-electron chi connectivity index (χ0n) is 17.3. The summed E-state index contributed by atoms with van der Waals surface area (Å²) >= 11 is 0. The predicted molar refractivity (Wildman–Crippen MR) is 123 cm³/mol. The predicted octanol–water partition coefficient (Wildman–Crippen LogP) is 4.45. The fraction of sp³-hybridized carbons (Fsp3) is 0.130. The molecular formula is C23H21N5O4. The Morgan fingerprint density at radius 2 is 1.97 bits per heavy atom. The number of nitrogens with one attached hydrogen (secondary N) is 3. The first kappa shape index (κ1) is 21.0. The topological polar surface area (TPSA) is 122 Å². The first-order chi connectivity index (χ1) is 15.5. The Morgan fingerprint density at radius 3 is 2.75 bits per heavy atom. The number of fused-ring (bicyclic) bond motifs is 1. The molecule has 0 unspecified atom stereocenters. The van der Waals surface area contributed by atoms with E-state index in [1.807, 2.05) is 36.4 Å². The van der Waals surface area contributed by atoms with Crippen LogP contribution >= 0.6 is 0 Å². The Morgan fingerprint density at radius 1 is 1.12 bits per heavy atom. The fourth-order valence-electron chi connectivity index (χ4n) is 3.30. The maximum absolute atomic E-state index is 12.8. The molecule has 4 rings (SSSR count).